The third-order valence-electron chi connectivity index (χ3n) is 4.34. The first-order valence-electron chi connectivity index (χ1n) is 5.69. The van der Waals surface area contributed by atoms with Crippen LogP contribution in [0.4, 0.5) is 0 Å². The average Bonchev–Trinajstić information content (AvgIpc) is 2.67. The van der Waals surface area contributed by atoms with E-state index in [1.807, 2.05) is 0 Å². The summed E-state index contributed by atoms with van der Waals surface area (Å²) in [5, 5.41) is 0. The molecule has 4 unspecified atom stereocenters. The van der Waals surface area contributed by atoms with Gasteiger partial charge in [0.25, 0.3) is 0 Å². The number of hydrogen-bond donors (Lipinski definition) is 0. The van der Waals surface area contributed by atoms with Crippen LogP contribution >= 0.6 is 0 Å². The molecule has 4 nitrogen and oxygen atoms in total. The van der Waals surface area contributed by atoms with Crippen molar-refractivity contribution in [1.82, 2.24) is 0 Å². The smallest absolute Gasteiger partial charge is 0.144 e. The fourth-order valence-corrected chi connectivity index (χ4v) is 3.50. The highest BCUT2D eigenvalue weighted by Crippen LogP contribution is 2.47. The van der Waals surface area contributed by atoms with Gasteiger partial charge in [-0.2, -0.15) is 0 Å². The molecule has 3 aliphatic carbocycles. The van der Waals surface area contributed by atoms with Gasteiger partial charge in [0.15, 0.2) is 0 Å². The lowest BCUT2D eigenvalue weighted by Crippen LogP contribution is -2.35. The molecule has 0 heterocycles. The molecule has 84 valence electrons. The van der Waals surface area contributed by atoms with Crippen LogP contribution in [0.25, 0.3) is 0 Å². The van der Waals surface area contributed by atoms with E-state index >= 15 is 0 Å². The van der Waals surface area contributed by atoms with Gasteiger partial charge in [0.05, 0.1) is 12.8 Å². The van der Waals surface area contributed by atoms with Crippen molar-refractivity contribution in [3.63, 3.8) is 0 Å². The van der Waals surface area contributed by atoms with E-state index in [-0.39, 0.29) is 59.6 Å². The normalized spacial score (nSPS) is 42.5. The van der Waals surface area contributed by atoms with E-state index in [1.165, 1.54) is 0 Å². The zero-order valence-electron chi connectivity index (χ0n) is 8.77. The number of carbonyl (C=O) groups is 4. The van der Waals surface area contributed by atoms with Crippen LogP contribution in [0.2, 0.25) is 0 Å². The Morgan fingerprint density at radius 3 is 1.06 bits per heavy atom. The second-order valence-corrected chi connectivity index (χ2v) is 5.12. The second-order valence-electron chi connectivity index (χ2n) is 5.12. The fraction of sp³-hybridized carbons (Fsp3) is 0.667. The van der Waals surface area contributed by atoms with Crippen molar-refractivity contribution in [1.29, 1.82) is 0 Å². The molecule has 3 rings (SSSR count). The lowest BCUT2D eigenvalue weighted by Gasteiger charge is -2.30. The molecule has 0 bridgehead atoms. The Morgan fingerprint density at radius 1 is 0.562 bits per heavy atom. The van der Waals surface area contributed by atoms with E-state index in [0.717, 1.165) is 0 Å². The maximum atomic E-state index is 11.6. The van der Waals surface area contributed by atoms with Crippen LogP contribution in [0.15, 0.2) is 0 Å². The summed E-state index contributed by atoms with van der Waals surface area (Å²) in [6.07, 6.45) is 0.892. The summed E-state index contributed by atoms with van der Waals surface area (Å²) in [6.45, 7) is 0. The van der Waals surface area contributed by atoms with Crippen LogP contribution in [-0.4, -0.2) is 23.1 Å². The molecule has 0 aromatic carbocycles. The van der Waals surface area contributed by atoms with Gasteiger partial charge in [-0.3, -0.25) is 19.2 Å². The van der Waals surface area contributed by atoms with Gasteiger partial charge in [-0.25, -0.2) is 0 Å². The quantitative estimate of drug-likeness (QED) is 0.552. The molecular formula is C12H12O4. The fourth-order valence-electron chi connectivity index (χ4n) is 3.50. The Kier molecular flexibility index (Phi) is 1.91. The molecule has 3 saturated carbocycles. The molecule has 0 aromatic rings. The Labute approximate surface area is 92.4 Å². The highest BCUT2D eigenvalue weighted by molar-refractivity contribution is 6.12. The predicted molar refractivity (Wildman–Crippen MR) is 52.5 cm³/mol. The highest BCUT2D eigenvalue weighted by Gasteiger charge is 2.54. The SMILES string of the molecule is O=C1CC(=O)C2CC3C(=O)CC(=O)C3CC12. The summed E-state index contributed by atoms with van der Waals surface area (Å²) >= 11 is 0. The number of fused-ring (bicyclic) bond motifs is 2. The van der Waals surface area contributed by atoms with E-state index < -0.39 is 0 Å². The standard InChI is InChI=1S/C12H12O4/c13-9-3-11(15)7-2-8-6(1-5(7)9)10(14)4-12(8)16/h5-8H,1-4H2. The van der Waals surface area contributed by atoms with Crippen LogP contribution in [0.3, 0.4) is 0 Å². The van der Waals surface area contributed by atoms with Crippen molar-refractivity contribution in [3.8, 4) is 0 Å². The van der Waals surface area contributed by atoms with E-state index in [0.29, 0.717) is 12.8 Å². The van der Waals surface area contributed by atoms with Gasteiger partial charge in [0.2, 0.25) is 0 Å². The predicted octanol–water partition coefficient (Wildman–Crippen LogP) is 0.329. The van der Waals surface area contributed by atoms with E-state index in [9.17, 15) is 19.2 Å². The molecule has 0 aliphatic heterocycles. The average molecular weight is 220 g/mol. The van der Waals surface area contributed by atoms with E-state index in [2.05, 4.69) is 0 Å². The molecule has 4 atom stereocenters. The van der Waals surface area contributed by atoms with Gasteiger partial charge >= 0.3 is 0 Å². The van der Waals surface area contributed by atoms with Gasteiger partial charge in [0.1, 0.15) is 23.1 Å². The molecule has 3 aliphatic rings. The molecule has 4 heteroatoms. The summed E-state index contributed by atoms with van der Waals surface area (Å²) < 4.78 is 0. The first-order valence-corrected chi connectivity index (χ1v) is 5.69. The Morgan fingerprint density at radius 2 is 0.812 bits per heavy atom. The molecule has 0 amide bonds. The highest BCUT2D eigenvalue weighted by atomic mass is 16.2. The third-order valence-corrected chi connectivity index (χ3v) is 4.34. The Hall–Kier alpha value is -1.32. The summed E-state index contributed by atoms with van der Waals surface area (Å²) in [5.74, 6) is -1.21. The van der Waals surface area contributed by atoms with Crippen LogP contribution in [0.5, 0.6) is 0 Å². The summed E-state index contributed by atoms with van der Waals surface area (Å²) in [5.41, 5.74) is 0. The zero-order valence-corrected chi connectivity index (χ0v) is 8.77. The maximum Gasteiger partial charge on any atom is 0.144 e. The minimum Gasteiger partial charge on any atom is -0.299 e. The summed E-state index contributed by atoms with van der Waals surface area (Å²) in [6, 6.07) is 0. The first kappa shape index (κ1) is 9.87. The first-order chi connectivity index (χ1) is 7.58. The summed E-state index contributed by atoms with van der Waals surface area (Å²) in [7, 11) is 0. The number of Topliss-reactive ketones (excluding diaryl/α,β-unsaturated/α-hetero) is 4. The molecule has 0 aromatic heterocycles. The topological polar surface area (TPSA) is 68.3 Å². The van der Waals surface area contributed by atoms with Crippen LogP contribution in [0, 0.1) is 23.7 Å². The van der Waals surface area contributed by atoms with Gasteiger partial charge in [-0.1, -0.05) is 0 Å². The lowest BCUT2D eigenvalue weighted by atomic mass is 9.70. The number of carbonyl (C=O) groups excluding carboxylic acids is 4. The van der Waals surface area contributed by atoms with Crippen molar-refractivity contribution in [3.05, 3.63) is 0 Å². The van der Waals surface area contributed by atoms with E-state index in [1.54, 1.807) is 0 Å². The van der Waals surface area contributed by atoms with E-state index in [4.69, 9.17) is 0 Å². The lowest BCUT2D eigenvalue weighted by molar-refractivity contribution is -0.129. The van der Waals surface area contributed by atoms with Gasteiger partial charge in [0, 0.05) is 23.7 Å². The van der Waals surface area contributed by atoms with Crippen molar-refractivity contribution in [2.45, 2.75) is 25.7 Å². The second kappa shape index (κ2) is 3.09. The molecule has 0 N–H and O–H groups in total. The Balaban J connectivity index is 1.92. The molecule has 0 spiro atoms. The van der Waals surface area contributed by atoms with Crippen molar-refractivity contribution >= 4 is 23.1 Å². The number of rotatable bonds is 0. The number of ketones is 4. The van der Waals surface area contributed by atoms with Crippen molar-refractivity contribution in [2.75, 3.05) is 0 Å². The maximum absolute atomic E-state index is 11.6. The Bertz CT molecular complexity index is 347. The molecule has 0 saturated heterocycles. The van der Waals surface area contributed by atoms with Gasteiger partial charge < -0.3 is 0 Å². The van der Waals surface area contributed by atoms with Crippen LogP contribution < -0.4 is 0 Å². The monoisotopic (exact) mass is 220 g/mol. The molecule has 3 fully saturated rings. The largest absolute Gasteiger partial charge is 0.299 e. The molecule has 16 heavy (non-hydrogen) atoms. The summed E-state index contributed by atoms with van der Waals surface area (Å²) in [4.78, 5) is 46.3. The van der Waals surface area contributed by atoms with Crippen molar-refractivity contribution in [2.24, 2.45) is 23.7 Å². The number of hydrogen-bond acceptors (Lipinski definition) is 4. The van der Waals surface area contributed by atoms with Crippen LogP contribution in [-0.2, 0) is 19.2 Å². The van der Waals surface area contributed by atoms with Crippen molar-refractivity contribution < 1.29 is 19.2 Å². The minimum atomic E-state index is -0.274. The molecule has 0 radical (unpaired) electrons. The van der Waals surface area contributed by atoms with Crippen LogP contribution in [0.1, 0.15) is 25.7 Å². The zero-order chi connectivity index (χ0) is 11.4. The van der Waals surface area contributed by atoms with Gasteiger partial charge in [-0.05, 0) is 12.8 Å². The van der Waals surface area contributed by atoms with Gasteiger partial charge in [-0.15, -0.1) is 0 Å². The minimum absolute atomic E-state index is 0.0111. The third kappa shape index (κ3) is 1.16. The molecular weight excluding hydrogens is 208 g/mol.